The number of carbonyl (C=O) groups is 2. The van der Waals surface area contributed by atoms with Crippen LogP contribution in [0.1, 0.15) is 19.3 Å². The van der Waals surface area contributed by atoms with E-state index in [0.717, 1.165) is 31.5 Å². The molecule has 2 rings (SSSR count). The van der Waals surface area contributed by atoms with E-state index in [0.29, 0.717) is 19.6 Å². The molecule has 2 N–H and O–H groups in total. The lowest BCUT2D eigenvalue weighted by atomic mass is 9.96. The molecular formula is C18H28N4O2. The Balaban J connectivity index is 1.69. The van der Waals surface area contributed by atoms with Crippen molar-refractivity contribution in [2.24, 2.45) is 5.92 Å². The van der Waals surface area contributed by atoms with E-state index >= 15 is 0 Å². The molecule has 132 valence electrons. The van der Waals surface area contributed by atoms with Crippen LogP contribution in [0.15, 0.2) is 30.3 Å². The molecule has 1 aliphatic heterocycles. The molecule has 0 unspecified atom stereocenters. The first-order valence-electron chi connectivity index (χ1n) is 8.59. The number of amides is 3. The largest absolute Gasteiger partial charge is 0.356 e. The Hall–Kier alpha value is -2.08. The topological polar surface area (TPSA) is 64.7 Å². The first kappa shape index (κ1) is 18.3. The van der Waals surface area contributed by atoms with Crippen LogP contribution in [-0.4, -0.2) is 62.0 Å². The molecule has 0 spiro atoms. The number of nitrogens with one attached hydrogen (secondary N) is 2. The van der Waals surface area contributed by atoms with E-state index in [1.165, 1.54) is 0 Å². The summed E-state index contributed by atoms with van der Waals surface area (Å²) in [5.74, 6) is 0.141. The van der Waals surface area contributed by atoms with Crippen molar-refractivity contribution in [2.75, 3.05) is 45.6 Å². The average Bonchev–Trinajstić information content (AvgIpc) is 2.59. The number of para-hydroxylation sites is 1. The number of likely N-dealkylation sites (tertiary alicyclic amines) is 1. The van der Waals surface area contributed by atoms with E-state index in [9.17, 15) is 9.59 Å². The quantitative estimate of drug-likeness (QED) is 0.783. The molecule has 0 aromatic heterocycles. The highest BCUT2D eigenvalue weighted by Gasteiger charge is 2.27. The number of hydrogen-bond donors (Lipinski definition) is 2. The van der Waals surface area contributed by atoms with Gasteiger partial charge in [-0.1, -0.05) is 18.2 Å². The molecular weight excluding hydrogens is 304 g/mol. The van der Waals surface area contributed by atoms with Gasteiger partial charge in [0.1, 0.15) is 0 Å². The average molecular weight is 332 g/mol. The first-order valence-corrected chi connectivity index (χ1v) is 8.59. The second-order valence-corrected chi connectivity index (χ2v) is 6.51. The summed E-state index contributed by atoms with van der Waals surface area (Å²) in [7, 11) is 4.05. The number of hydrogen-bond acceptors (Lipinski definition) is 3. The van der Waals surface area contributed by atoms with Crippen molar-refractivity contribution in [3.63, 3.8) is 0 Å². The van der Waals surface area contributed by atoms with E-state index in [1.54, 1.807) is 4.90 Å². The van der Waals surface area contributed by atoms with E-state index in [4.69, 9.17) is 0 Å². The SMILES string of the molecule is CN(C)CCCNC(=O)C1CCN(C(=O)Nc2ccccc2)CC1. The number of nitrogens with zero attached hydrogens (tertiary/aromatic N) is 2. The fourth-order valence-corrected chi connectivity index (χ4v) is 2.82. The zero-order valence-electron chi connectivity index (χ0n) is 14.6. The first-order chi connectivity index (χ1) is 11.6. The maximum absolute atomic E-state index is 12.2. The highest BCUT2D eigenvalue weighted by atomic mass is 16.2. The van der Waals surface area contributed by atoms with Crippen LogP contribution in [0.2, 0.25) is 0 Å². The standard InChI is InChI=1S/C18H28N4O2/c1-21(2)12-6-11-19-17(23)15-9-13-22(14-10-15)18(24)20-16-7-4-3-5-8-16/h3-5,7-8,15H,6,9-14H2,1-2H3,(H,19,23)(H,20,24). The van der Waals surface area contributed by atoms with Crippen molar-refractivity contribution < 1.29 is 9.59 Å². The van der Waals surface area contributed by atoms with Crippen LogP contribution < -0.4 is 10.6 Å². The van der Waals surface area contributed by atoms with Crippen LogP contribution in [0, 0.1) is 5.92 Å². The normalized spacial score (nSPS) is 15.4. The zero-order valence-corrected chi connectivity index (χ0v) is 14.6. The number of carbonyl (C=O) groups excluding carboxylic acids is 2. The predicted molar refractivity (Wildman–Crippen MR) is 95.9 cm³/mol. The summed E-state index contributed by atoms with van der Waals surface area (Å²) in [5, 5.41) is 5.90. The molecule has 1 aliphatic rings. The molecule has 1 heterocycles. The Morgan fingerprint density at radius 3 is 2.46 bits per heavy atom. The lowest BCUT2D eigenvalue weighted by Crippen LogP contribution is -2.44. The van der Waals surface area contributed by atoms with Crippen LogP contribution in [0.25, 0.3) is 0 Å². The molecule has 1 aromatic rings. The molecule has 0 atom stereocenters. The van der Waals surface area contributed by atoms with Crippen molar-refractivity contribution >= 4 is 17.6 Å². The van der Waals surface area contributed by atoms with Gasteiger partial charge >= 0.3 is 6.03 Å². The van der Waals surface area contributed by atoms with E-state index < -0.39 is 0 Å². The summed E-state index contributed by atoms with van der Waals surface area (Å²) in [6.07, 6.45) is 2.40. The summed E-state index contributed by atoms with van der Waals surface area (Å²) in [6, 6.07) is 9.34. The number of urea groups is 1. The highest BCUT2D eigenvalue weighted by molar-refractivity contribution is 5.89. The van der Waals surface area contributed by atoms with Crippen LogP contribution in [0.5, 0.6) is 0 Å². The van der Waals surface area contributed by atoms with Crippen molar-refractivity contribution in [1.82, 2.24) is 15.1 Å². The summed E-state index contributed by atoms with van der Waals surface area (Å²) in [4.78, 5) is 28.3. The molecule has 1 fully saturated rings. The molecule has 1 aromatic carbocycles. The molecule has 0 saturated carbocycles. The van der Waals surface area contributed by atoms with Gasteiger partial charge in [0.05, 0.1) is 0 Å². The van der Waals surface area contributed by atoms with E-state index in [2.05, 4.69) is 15.5 Å². The van der Waals surface area contributed by atoms with E-state index in [-0.39, 0.29) is 17.9 Å². The van der Waals surface area contributed by atoms with Gasteiger partial charge in [-0.2, -0.15) is 0 Å². The maximum Gasteiger partial charge on any atom is 0.321 e. The molecule has 3 amide bonds. The molecule has 24 heavy (non-hydrogen) atoms. The summed E-state index contributed by atoms with van der Waals surface area (Å²) < 4.78 is 0. The molecule has 1 saturated heterocycles. The molecule has 0 radical (unpaired) electrons. The van der Waals surface area contributed by atoms with Crippen molar-refractivity contribution in [2.45, 2.75) is 19.3 Å². The van der Waals surface area contributed by atoms with Gasteiger partial charge in [0.2, 0.25) is 5.91 Å². The van der Waals surface area contributed by atoms with E-state index in [1.807, 2.05) is 44.4 Å². The summed E-state index contributed by atoms with van der Waals surface area (Å²) >= 11 is 0. The van der Waals surface area contributed by atoms with Gasteiger partial charge in [0, 0.05) is 31.2 Å². The predicted octanol–water partition coefficient (Wildman–Crippen LogP) is 2.00. The fourth-order valence-electron chi connectivity index (χ4n) is 2.82. The summed E-state index contributed by atoms with van der Waals surface area (Å²) in [5.41, 5.74) is 0.795. The lowest BCUT2D eigenvalue weighted by molar-refractivity contribution is -0.126. The van der Waals surface area contributed by atoms with Gasteiger partial charge in [0.25, 0.3) is 0 Å². The number of benzene rings is 1. The van der Waals surface area contributed by atoms with Gasteiger partial charge in [-0.3, -0.25) is 4.79 Å². The lowest BCUT2D eigenvalue weighted by Gasteiger charge is -2.31. The Bertz CT molecular complexity index is 525. The van der Waals surface area contributed by atoms with Crippen LogP contribution >= 0.6 is 0 Å². The Kier molecular flexibility index (Phi) is 7.06. The molecule has 6 heteroatoms. The zero-order chi connectivity index (χ0) is 17.4. The second kappa shape index (κ2) is 9.27. The van der Waals surface area contributed by atoms with Crippen LogP contribution in [0.3, 0.4) is 0 Å². The van der Waals surface area contributed by atoms with Gasteiger partial charge in [0.15, 0.2) is 0 Å². The van der Waals surface area contributed by atoms with Crippen LogP contribution in [0.4, 0.5) is 10.5 Å². The monoisotopic (exact) mass is 332 g/mol. The Labute approximate surface area is 144 Å². The smallest absolute Gasteiger partial charge is 0.321 e. The maximum atomic E-state index is 12.2. The van der Waals surface area contributed by atoms with Crippen molar-refractivity contribution in [1.29, 1.82) is 0 Å². The van der Waals surface area contributed by atoms with Crippen molar-refractivity contribution in [3.05, 3.63) is 30.3 Å². The van der Waals surface area contributed by atoms with Gasteiger partial charge in [-0.15, -0.1) is 0 Å². The van der Waals surface area contributed by atoms with Gasteiger partial charge in [-0.05, 0) is 52.0 Å². The third-order valence-corrected chi connectivity index (χ3v) is 4.26. The minimum atomic E-state index is -0.0916. The molecule has 6 nitrogen and oxygen atoms in total. The van der Waals surface area contributed by atoms with Crippen LogP contribution in [-0.2, 0) is 4.79 Å². The minimum Gasteiger partial charge on any atom is -0.356 e. The fraction of sp³-hybridized carbons (Fsp3) is 0.556. The Morgan fingerprint density at radius 1 is 1.17 bits per heavy atom. The third-order valence-electron chi connectivity index (χ3n) is 4.26. The van der Waals surface area contributed by atoms with Gasteiger partial charge < -0.3 is 20.4 Å². The van der Waals surface area contributed by atoms with Gasteiger partial charge in [-0.25, -0.2) is 4.79 Å². The van der Waals surface area contributed by atoms with Crippen molar-refractivity contribution in [3.8, 4) is 0 Å². The molecule has 0 aliphatic carbocycles. The third kappa shape index (κ3) is 5.85. The molecule has 0 bridgehead atoms. The Morgan fingerprint density at radius 2 is 1.83 bits per heavy atom. The summed E-state index contributed by atoms with van der Waals surface area (Å²) in [6.45, 7) is 2.92. The minimum absolute atomic E-state index is 0.0186. The highest BCUT2D eigenvalue weighted by Crippen LogP contribution is 2.18. The number of piperidine rings is 1. The number of anilines is 1. The second-order valence-electron chi connectivity index (χ2n) is 6.51. The number of rotatable bonds is 6.